The van der Waals surface area contributed by atoms with Crippen LogP contribution in [0.25, 0.3) is 0 Å². The van der Waals surface area contributed by atoms with Crippen molar-refractivity contribution in [1.29, 1.82) is 0 Å². The molecule has 3 rings (SSSR count). The molecule has 0 amide bonds. The Morgan fingerprint density at radius 1 is 1.29 bits per heavy atom. The predicted octanol–water partition coefficient (Wildman–Crippen LogP) is 4.18. The van der Waals surface area contributed by atoms with Gasteiger partial charge in [-0.1, -0.05) is 28.8 Å². The Bertz CT molecular complexity index is 605. The number of hydrogen-bond donors (Lipinski definition) is 0. The van der Waals surface area contributed by atoms with Crippen LogP contribution in [0.5, 0.6) is 5.75 Å². The van der Waals surface area contributed by atoms with E-state index in [9.17, 15) is 0 Å². The van der Waals surface area contributed by atoms with Gasteiger partial charge in [0.05, 0.1) is 17.4 Å². The molecule has 0 saturated heterocycles. The van der Waals surface area contributed by atoms with Crippen LogP contribution >= 0.6 is 15.9 Å². The molecule has 1 aliphatic carbocycles. The number of halogens is 1. The highest BCUT2D eigenvalue weighted by Crippen LogP contribution is 2.29. The first kappa shape index (κ1) is 14.6. The van der Waals surface area contributed by atoms with Crippen LogP contribution in [0.3, 0.4) is 0 Å². The Morgan fingerprint density at radius 2 is 2.10 bits per heavy atom. The van der Waals surface area contributed by atoms with Gasteiger partial charge in [0.25, 0.3) is 0 Å². The van der Waals surface area contributed by atoms with Gasteiger partial charge in [-0.2, -0.15) is 5.10 Å². The molecule has 0 spiro atoms. The van der Waals surface area contributed by atoms with Crippen LogP contribution < -0.4 is 4.74 Å². The average molecular weight is 350 g/mol. The number of alkyl halides is 1. The van der Waals surface area contributed by atoms with Crippen molar-refractivity contribution in [2.75, 3.05) is 0 Å². The third kappa shape index (κ3) is 3.46. The number of aryl methyl sites for hydroxylation is 1. The summed E-state index contributed by atoms with van der Waals surface area (Å²) >= 11 is 3.46. The lowest BCUT2D eigenvalue weighted by molar-refractivity contribution is 0.294. The summed E-state index contributed by atoms with van der Waals surface area (Å²) in [6.07, 6.45) is 7.21. The molecule has 1 fully saturated rings. The van der Waals surface area contributed by atoms with Crippen molar-refractivity contribution in [3.05, 3.63) is 41.5 Å². The molecule has 0 N–H and O–H groups in total. The Kier molecular flexibility index (Phi) is 4.58. The van der Waals surface area contributed by atoms with Gasteiger partial charge in [0.15, 0.2) is 0 Å². The van der Waals surface area contributed by atoms with Gasteiger partial charge in [0.1, 0.15) is 12.4 Å². The SMILES string of the molecule is Cc1ccc(OCc2ccn(C3CCCC3)n2)c(CBr)n1. The summed E-state index contributed by atoms with van der Waals surface area (Å²) < 4.78 is 7.98. The molecule has 4 nitrogen and oxygen atoms in total. The van der Waals surface area contributed by atoms with Crippen LogP contribution in [0.15, 0.2) is 24.4 Å². The van der Waals surface area contributed by atoms with E-state index in [1.54, 1.807) is 0 Å². The lowest BCUT2D eigenvalue weighted by Gasteiger charge is -2.10. The van der Waals surface area contributed by atoms with Crippen LogP contribution in [-0.4, -0.2) is 14.8 Å². The predicted molar refractivity (Wildman–Crippen MR) is 85.7 cm³/mol. The first-order valence-corrected chi connectivity index (χ1v) is 8.58. The van der Waals surface area contributed by atoms with E-state index in [1.807, 2.05) is 25.1 Å². The number of hydrogen-bond acceptors (Lipinski definition) is 3. The number of aromatic nitrogens is 3. The molecule has 5 heteroatoms. The van der Waals surface area contributed by atoms with Crippen LogP contribution in [-0.2, 0) is 11.9 Å². The minimum Gasteiger partial charge on any atom is -0.485 e. The molecule has 0 aliphatic heterocycles. The minimum absolute atomic E-state index is 0.491. The Labute approximate surface area is 133 Å². The van der Waals surface area contributed by atoms with E-state index in [0.717, 1.165) is 22.8 Å². The topological polar surface area (TPSA) is 39.9 Å². The van der Waals surface area contributed by atoms with E-state index in [1.165, 1.54) is 25.7 Å². The van der Waals surface area contributed by atoms with Crippen molar-refractivity contribution < 1.29 is 4.74 Å². The quantitative estimate of drug-likeness (QED) is 0.760. The lowest BCUT2D eigenvalue weighted by atomic mass is 10.3. The molecule has 1 aliphatic rings. The fourth-order valence-corrected chi connectivity index (χ4v) is 3.20. The van der Waals surface area contributed by atoms with Crippen LogP contribution in [0.4, 0.5) is 0 Å². The number of ether oxygens (including phenoxy) is 1. The zero-order valence-electron chi connectivity index (χ0n) is 12.3. The molecule has 0 unspecified atom stereocenters. The Morgan fingerprint density at radius 3 is 2.86 bits per heavy atom. The minimum atomic E-state index is 0.491. The fraction of sp³-hybridized carbons (Fsp3) is 0.500. The summed E-state index contributed by atoms with van der Waals surface area (Å²) in [4.78, 5) is 4.47. The van der Waals surface area contributed by atoms with Crippen molar-refractivity contribution in [3.8, 4) is 5.75 Å². The van der Waals surface area contributed by atoms with Crippen molar-refractivity contribution in [2.45, 2.75) is 50.6 Å². The van der Waals surface area contributed by atoms with Crippen LogP contribution in [0, 0.1) is 6.92 Å². The standard InChI is InChI=1S/C16H20BrN3O/c1-12-6-7-16(15(10-17)18-12)21-11-13-8-9-20(19-13)14-4-2-3-5-14/h6-9,14H,2-5,10-11H2,1H3. The molecule has 0 aromatic carbocycles. The molecule has 2 heterocycles. The van der Waals surface area contributed by atoms with Gasteiger partial charge in [-0.3, -0.25) is 9.67 Å². The Balaban J connectivity index is 1.65. The largest absolute Gasteiger partial charge is 0.485 e. The number of rotatable bonds is 5. The second-order valence-corrected chi connectivity index (χ2v) is 6.11. The van der Waals surface area contributed by atoms with Crippen molar-refractivity contribution >= 4 is 15.9 Å². The number of nitrogens with zero attached hydrogens (tertiary/aromatic N) is 3. The molecular formula is C16H20BrN3O. The zero-order chi connectivity index (χ0) is 14.7. The van der Waals surface area contributed by atoms with Gasteiger partial charge in [0.2, 0.25) is 0 Å². The van der Waals surface area contributed by atoms with E-state index < -0.39 is 0 Å². The van der Waals surface area contributed by atoms with Gasteiger partial charge >= 0.3 is 0 Å². The van der Waals surface area contributed by atoms with E-state index in [2.05, 4.69) is 36.9 Å². The first-order valence-electron chi connectivity index (χ1n) is 7.45. The molecule has 0 radical (unpaired) electrons. The third-order valence-corrected chi connectivity index (χ3v) is 4.47. The normalized spacial score (nSPS) is 15.5. The monoisotopic (exact) mass is 349 g/mol. The second-order valence-electron chi connectivity index (χ2n) is 5.55. The van der Waals surface area contributed by atoms with Gasteiger partial charge in [0, 0.05) is 17.2 Å². The van der Waals surface area contributed by atoms with E-state index in [4.69, 9.17) is 4.74 Å². The average Bonchev–Trinajstić information content (AvgIpc) is 3.16. The summed E-state index contributed by atoms with van der Waals surface area (Å²) in [5, 5.41) is 5.33. The van der Waals surface area contributed by atoms with Gasteiger partial charge in [-0.05, 0) is 38.0 Å². The smallest absolute Gasteiger partial charge is 0.142 e. The van der Waals surface area contributed by atoms with Gasteiger partial charge < -0.3 is 4.74 Å². The zero-order valence-corrected chi connectivity index (χ0v) is 13.8. The summed E-state index contributed by atoms with van der Waals surface area (Å²) in [5.41, 5.74) is 2.91. The summed E-state index contributed by atoms with van der Waals surface area (Å²) in [6, 6.07) is 6.58. The van der Waals surface area contributed by atoms with Gasteiger partial charge in [-0.25, -0.2) is 0 Å². The molecule has 2 aromatic rings. The lowest BCUT2D eigenvalue weighted by Crippen LogP contribution is -2.07. The summed E-state index contributed by atoms with van der Waals surface area (Å²) in [6.45, 7) is 2.48. The van der Waals surface area contributed by atoms with Crippen molar-refractivity contribution in [1.82, 2.24) is 14.8 Å². The maximum atomic E-state index is 5.88. The molecule has 2 aromatic heterocycles. The number of pyridine rings is 1. The fourth-order valence-electron chi connectivity index (χ4n) is 2.80. The Hall–Kier alpha value is -1.36. The molecule has 21 heavy (non-hydrogen) atoms. The van der Waals surface area contributed by atoms with E-state index in [-0.39, 0.29) is 0 Å². The highest BCUT2D eigenvalue weighted by atomic mass is 79.9. The molecule has 112 valence electrons. The van der Waals surface area contributed by atoms with Gasteiger partial charge in [-0.15, -0.1) is 0 Å². The van der Waals surface area contributed by atoms with Crippen LogP contribution in [0.2, 0.25) is 0 Å². The van der Waals surface area contributed by atoms with Crippen molar-refractivity contribution in [2.24, 2.45) is 0 Å². The molecule has 1 saturated carbocycles. The summed E-state index contributed by atoms with van der Waals surface area (Å²) in [7, 11) is 0. The third-order valence-electron chi connectivity index (χ3n) is 3.94. The van der Waals surface area contributed by atoms with Crippen molar-refractivity contribution in [3.63, 3.8) is 0 Å². The highest BCUT2D eigenvalue weighted by molar-refractivity contribution is 9.08. The molecular weight excluding hydrogens is 330 g/mol. The van der Waals surface area contributed by atoms with E-state index >= 15 is 0 Å². The van der Waals surface area contributed by atoms with Crippen LogP contribution in [0.1, 0.15) is 48.8 Å². The molecule has 0 bridgehead atoms. The summed E-state index contributed by atoms with van der Waals surface area (Å²) in [5.74, 6) is 0.827. The second kappa shape index (κ2) is 6.60. The van der Waals surface area contributed by atoms with E-state index in [0.29, 0.717) is 18.0 Å². The maximum absolute atomic E-state index is 5.88. The molecule has 0 atom stereocenters. The first-order chi connectivity index (χ1) is 10.3. The highest BCUT2D eigenvalue weighted by Gasteiger charge is 2.17. The maximum Gasteiger partial charge on any atom is 0.142 e.